The second-order valence-electron chi connectivity index (χ2n) is 8.61. The maximum atomic E-state index is 13.5. The van der Waals surface area contributed by atoms with Crippen LogP contribution in [0.2, 0.25) is 5.02 Å². The molecule has 0 saturated carbocycles. The Balaban J connectivity index is 1.35. The molecule has 3 aromatic carbocycles. The molecule has 2 heterocycles. The molecule has 5 rings (SSSR count). The van der Waals surface area contributed by atoms with E-state index < -0.39 is 10.0 Å². The fourth-order valence-corrected chi connectivity index (χ4v) is 5.50. The number of sulfonamides is 1. The highest BCUT2D eigenvalue weighted by Crippen LogP contribution is 2.23. The minimum absolute atomic E-state index is 0.0882. The minimum atomic E-state index is -3.85. The molecule has 1 N–H and O–H groups in total. The van der Waals surface area contributed by atoms with E-state index in [1.54, 1.807) is 67.0 Å². The van der Waals surface area contributed by atoms with Crippen LogP contribution in [0.1, 0.15) is 21.6 Å². The number of carbonyl (C=O) groups is 1. The summed E-state index contributed by atoms with van der Waals surface area (Å²) in [5.74, 6) is -0.265. The van der Waals surface area contributed by atoms with Crippen molar-refractivity contribution < 1.29 is 13.2 Å². The van der Waals surface area contributed by atoms with Crippen LogP contribution in [0.15, 0.2) is 114 Å². The van der Waals surface area contributed by atoms with Gasteiger partial charge in [0.15, 0.2) is 0 Å². The van der Waals surface area contributed by atoms with Crippen LogP contribution in [0.5, 0.6) is 0 Å². The van der Waals surface area contributed by atoms with Crippen LogP contribution in [0.25, 0.3) is 10.9 Å². The number of benzene rings is 3. The minimum Gasteiger partial charge on any atom is -0.322 e. The lowest BCUT2D eigenvalue weighted by Gasteiger charge is -2.22. The molecule has 0 bridgehead atoms. The third-order valence-corrected chi connectivity index (χ3v) is 8.01. The van der Waals surface area contributed by atoms with Crippen molar-refractivity contribution in [2.75, 3.05) is 5.32 Å². The Bertz CT molecular complexity index is 1680. The van der Waals surface area contributed by atoms with Gasteiger partial charge in [0, 0.05) is 40.6 Å². The van der Waals surface area contributed by atoms with E-state index >= 15 is 0 Å². The van der Waals surface area contributed by atoms with Gasteiger partial charge in [-0.3, -0.25) is 14.8 Å². The van der Waals surface area contributed by atoms with E-state index in [9.17, 15) is 13.2 Å². The fraction of sp³-hybridized carbons (Fsp3) is 0.0690. The molecule has 38 heavy (non-hydrogen) atoms. The first-order chi connectivity index (χ1) is 18.4. The van der Waals surface area contributed by atoms with Crippen LogP contribution in [0, 0.1) is 0 Å². The summed E-state index contributed by atoms with van der Waals surface area (Å²) in [7, 11) is -3.85. The predicted octanol–water partition coefficient (Wildman–Crippen LogP) is 5.93. The molecular weight excluding hydrogens is 520 g/mol. The van der Waals surface area contributed by atoms with Crippen LogP contribution >= 0.6 is 11.6 Å². The smallest absolute Gasteiger partial charge is 0.255 e. The van der Waals surface area contributed by atoms with Gasteiger partial charge >= 0.3 is 0 Å². The zero-order valence-electron chi connectivity index (χ0n) is 20.2. The number of rotatable bonds is 8. The Hall–Kier alpha value is -4.11. The lowest BCUT2D eigenvalue weighted by Crippen LogP contribution is -2.30. The van der Waals surface area contributed by atoms with Crippen LogP contribution in [0.3, 0.4) is 0 Å². The second-order valence-corrected chi connectivity index (χ2v) is 11.0. The van der Waals surface area contributed by atoms with Gasteiger partial charge in [-0.15, -0.1) is 0 Å². The number of amides is 1. The summed E-state index contributed by atoms with van der Waals surface area (Å²) in [6.07, 6.45) is 3.35. The standard InChI is InChI=1S/C29H23ClN4O3S/c30-24-10-13-27(14-11-24)38(36,37)34(20-26-5-1-2-16-31-26)19-21-6-8-22(9-7-21)29(35)33-25-12-15-28-23(18-25)4-3-17-32-28/h1-18H,19-20H2,(H,33,35). The first kappa shape index (κ1) is 25.5. The van der Waals surface area contributed by atoms with E-state index in [1.165, 1.54) is 16.4 Å². The molecule has 0 saturated heterocycles. The highest BCUT2D eigenvalue weighted by Gasteiger charge is 2.25. The molecule has 1 amide bonds. The van der Waals surface area contributed by atoms with Crippen molar-refractivity contribution >= 4 is 44.1 Å². The first-order valence-electron chi connectivity index (χ1n) is 11.8. The monoisotopic (exact) mass is 542 g/mol. The SMILES string of the molecule is O=C(Nc1ccc2ncccc2c1)c1ccc(CN(Cc2ccccn2)S(=O)(=O)c2ccc(Cl)cc2)cc1. The van der Waals surface area contributed by atoms with E-state index in [0.29, 0.717) is 22.0 Å². The van der Waals surface area contributed by atoms with Crippen molar-refractivity contribution in [3.8, 4) is 0 Å². The molecular formula is C29H23ClN4O3S. The number of pyridine rings is 2. The molecule has 0 spiro atoms. The number of hydrogen-bond acceptors (Lipinski definition) is 5. The van der Waals surface area contributed by atoms with Gasteiger partial charge in [-0.2, -0.15) is 4.31 Å². The largest absolute Gasteiger partial charge is 0.322 e. The van der Waals surface area contributed by atoms with Crippen LogP contribution in [-0.4, -0.2) is 28.6 Å². The number of fused-ring (bicyclic) bond motifs is 1. The van der Waals surface area contributed by atoms with Gasteiger partial charge in [0.25, 0.3) is 5.91 Å². The van der Waals surface area contributed by atoms with E-state index in [1.807, 2.05) is 30.3 Å². The van der Waals surface area contributed by atoms with Gasteiger partial charge < -0.3 is 5.32 Å². The summed E-state index contributed by atoms with van der Waals surface area (Å²) in [5, 5.41) is 4.28. The molecule has 5 aromatic rings. The number of anilines is 1. The van der Waals surface area contributed by atoms with Gasteiger partial charge in [0.1, 0.15) is 0 Å². The number of halogens is 1. The van der Waals surface area contributed by atoms with Gasteiger partial charge in [0.2, 0.25) is 10.0 Å². The summed E-state index contributed by atoms with van der Waals surface area (Å²) in [6.45, 7) is 0.186. The zero-order chi connectivity index (χ0) is 26.5. The summed E-state index contributed by atoms with van der Waals surface area (Å²) in [4.78, 5) is 21.6. The predicted molar refractivity (Wildman–Crippen MR) is 148 cm³/mol. The fourth-order valence-electron chi connectivity index (χ4n) is 3.98. The summed E-state index contributed by atoms with van der Waals surface area (Å²) >= 11 is 5.96. The molecule has 0 aliphatic heterocycles. The molecule has 9 heteroatoms. The van der Waals surface area contributed by atoms with E-state index in [-0.39, 0.29) is 23.9 Å². The number of nitrogens with zero attached hydrogens (tertiary/aromatic N) is 3. The highest BCUT2D eigenvalue weighted by molar-refractivity contribution is 7.89. The molecule has 7 nitrogen and oxygen atoms in total. The molecule has 0 radical (unpaired) electrons. The summed E-state index contributed by atoms with van der Waals surface area (Å²) < 4.78 is 28.4. The molecule has 0 aliphatic carbocycles. The molecule has 0 unspecified atom stereocenters. The van der Waals surface area contributed by atoms with Crippen molar-refractivity contribution in [1.82, 2.24) is 14.3 Å². The number of nitrogens with one attached hydrogen (secondary N) is 1. The Kier molecular flexibility index (Phi) is 7.46. The topological polar surface area (TPSA) is 92.3 Å². The zero-order valence-corrected chi connectivity index (χ0v) is 21.7. The lowest BCUT2D eigenvalue weighted by atomic mass is 10.1. The third kappa shape index (κ3) is 5.89. The first-order valence-corrected chi connectivity index (χ1v) is 13.6. The lowest BCUT2D eigenvalue weighted by molar-refractivity contribution is 0.102. The molecule has 0 atom stereocenters. The van der Waals surface area contributed by atoms with Crippen molar-refractivity contribution in [2.24, 2.45) is 0 Å². The van der Waals surface area contributed by atoms with Crippen molar-refractivity contribution in [3.05, 3.63) is 131 Å². The highest BCUT2D eigenvalue weighted by atomic mass is 35.5. The average Bonchev–Trinajstić information content (AvgIpc) is 2.94. The summed E-state index contributed by atoms with van der Waals surface area (Å²) in [6, 6.07) is 27.6. The Labute approximate surface area is 225 Å². The maximum absolute atomic E-state index is 13.5. The average molecular weight is 543 g/mol. The molecule has 2 aromatic heterocycles. The van der Waals surface area contributed by atoms with E-state index in [2.05, 4.69) is 15.3 Å². The molecule has 0 aliphatic rings. The van der Waals surface area contributed by atoms with E-state index in [4.69, 9.17) is 11.6 Å². The van der Waals surface area contributed by atoms with E-state index in [0.717, 1.165) is 16.5 Å². The Morgan fingerprint density at radius 3 is 2.32 bits per heavy atom. The third-order valence-electron chi connectivity index (χ3n) is 5.95. The van der Waals surface area contributed by atoms with Crippen molar-refractivity contribution in [2.45, 2.75) is 18.0 Å². The number of carbonyl (C=O) groups excluding carboxylic acids is 1. The number of hydrogen-bond donors (Lipinski definition) is 1. The number of aromatic nitrogens is 2. The normalized spacial score (nSPS) is 11.5. The maximum Gasteiger partial charge on any atom is 0.255 e. The van der Waals surface area contributed by atoms with Gasteiger partial charge in [-0.1, -0.05) is 35.9 Å². The molecule has 0 fully saturated rings. The summed E-state index contributed by atoms with van der Waals surface area (Å²) in [5.41, 5.74) is 3.31. The van der Waals surface area contributed by atoms with Crippen molar-refractivity contribution in [1.29, 1.82) is 0 Å². The van der Waals surface area contributed by atoms with Crippen LogP contribution < -0.4 is 5.32 Å². The molecule has 190 valence electrons. The Morgan fingerprint density at radius 1 is 0.816 bits per heavy atom. The van der Waals surface area contributed by atoms with Crippen LogP contribution in [0.4, 0.5) is 5.69 Å². The van der Waals surface area contributed by atoms with Gasteiger partial charge in [-0.05, 0) is 78.4 Å². The quantitative estimate of drug-likeness (QED) is 0.262. The van der Waals surface area contributed by atoms with Crippen molar-refractivity contribution in [3.63, 3.8) is 0 Å². The Morgan fingerprint density at radius 2 is 1.58 bits per heavy atom. The van der Waals surface area contributed by atoms with Crippen LogP contribution in [-0.2, 0) is 23.1 Å². The van der Waals surface area contributed by atoms with Gasteiger partial charge in [-0.25, -0.2) is 8.42 Å². The second kappa shape index (κ2) is 11.1. The van der Waals surface area contributed by atoms with Gasteiger partial charge in [0.05, 0.1) is 22.7 Å².